The van der Waals surface area contributed by atoms with Gasteiger partial charge in [0.25, 0.3) is 0 Å². The summed E-state index contributed by atoms with van der Waals surface area (Å²) in [6.45, 7) is 3.92. The number of anilines is 1. The third kappa shape index (κ3) is 2.77. The second-order valence-electron chi connectivity index (χ2n) is 4.98. The number of aromatic nitrogens is 2. The molecule has 0 atom stereocenters. The monoisotopic (exact) mass is 264 g/mol. The first-order valence-corrected chi connectivity index (χ1v) is 6.90. The van der Waals surface area contributed by atoms with E-state index in [0.717, 1.165) is 22.6 Å². The maximum Gasteiger partial charge on any atom is 0.159 e. The van der Waals surface area contributed by atoms with Crippen molar-refractivity contribution in [3.63, 3.8) is 0 Å². The molecule has 0 amide bonds. The molecule has 1 heterocycles. The second-order valence-corrected chi connectivity index (χ2v) is 5.42. The molecule has 4 nitrogen and oxygen atoms in total. The molecule has 1 aromatic rings. The number of aryl methyl sites for hydroxylation is 1. The molecule has 0 radical (unpaired) electrons. The Morgan fingerprint density at radius 2 is 1.89 bits per heavy atom. The lowest BCUT2D eigenvalue weighted by molar-refractivity contribution is 0.461. The summed E-state index contributed by atoms with van der Waals surface area (Å²) in [5.41, 5.74) is 8.57. The zero-order valence-corrected chi connectivity index (χ0v) is 11.8. The molecule has 1 aliphatic rings. The van der Waals surface area contributed by atoms with E-state index in [4.69, 9.17) is 18.0 Å². The van der Waals surface area contributed by atoms with Crippen LogP contribution < -0.4 is 11.1 Å². The lowest BCUT2D eigenvalue weighted by Gasteiger charge is -2.24. The average molecular weight is 264 g/mol. The molecule has 0 unspecified atom stereocenters. The third-order valence-electron chi connectivity index (χ3n) is 3.65. The van der Waals surface area contributed by atoms with E-state index >= 15 is 0 Å². The van der Waals surface area contributed by atoms with Crippen LogP contribution in [0.15, 0.2) is 0 Å². The first kappa shape index (κ1) is 13.2. The molecule has 0 saturated heterocycles. The zero-order valence-electron chi connectivity index (χ0n) is 11.0. The van der Waals surface area contributed by atoms with E-state index in [0.29, 0.717) is 11.0 Å². The average Bonchev–Trinajstić information content (AvgIpc) is 2.35. The van der Waals surface area contributed by atoms with Gasteiger partial charge in [-0.05, 0) is 32.3 Å². The van der Waals surface area contributed by atoms with Crippen LogP contribution in [0.1, 0.15) is 48.9 Å². The Balaban J connectivity index is 2.26. The minimum atomic E-state index is 0.392. The van der Waals surface area contributed by atoms with E-state index in [1.54, 1.807) is 0 Å². The van der Waals surface area contributed by atoms with E-state index in [2.05, 4.69) is 15.5 Å². The van der Waals surface area contributed by atoms with Crippen molar-refractivity contribution < 1.29 is 0 Å². The van der Waals surface area contributed by atoms with Gasteiger partial charge in [-0.25, -0.2) is 0 Å². The van der Waals surface area contributed by atoms with Crippen LogP contribution in [-0.4, -0.2) is 21.2 Å². The Hall–Kier alpha value is -1.23. The smallest absolute Gasteiger partial charge is 0.159 e. The summed E-state index contributed by atoms with van der Waals surface area (Å²) < 4.78 is 0. The van der Waals surface area contributed by atoms with Crippen molar-refractivity contribution in [1.29, 1.82) is 0 Å². The van der Waals surface area contributed by atoms with Crippen molar-refractivity contribution in [3.8, 4) is 0 Å². The third-order valence-corrected chi connectivity index (χ3v) is 3.85. The number of nitrogens with one attached hydrogen (secondary N) is 1. The molecule has 1 saturated carbocycles. The number of thiocarbonyl (C=S) groups is 1. The molecule has 1 aromatic heterocycles. The van der Waals surface area contributed by atoms with Crippen LogP contribution in [0.25, 0.3) is 0 Å². The van der Waals surface area contributed by atoms with Crippen LogP contribution in [-0.2, 0) is 0 Å². The molecule has 98 valence electrons. The van der Waals surface area contributed by atoms with Crippen molar-refractivity contribution in [2.75, 3.05) is 5.32 Å². The van der Waals surface area contributed by atoms with Gasteiger partial charge in [0.15, 0.2) is 5.82 Å². The number of rotatable bonds is 3. The van der Waals surface area contributed by atoms with Gasteiger partial charge in [0.1, 0.15) is 4.99 Å². The molecule has 5 heteroatoms. The molecular weight excluding hydrogens is 244 g/mol. The number of hydrogen-bond donors (Lipinski definition) is 2. The molecule has 3 N–H and O–H groups in total. The van der Waals surface area contributed by atoms with E-state index in [1.165, 1.54) is 32.1 Å². The molecule has 0 bridgehead atoms. The van der Waals surface area contributed by atoms with Crippen molar-refractivity contribution in [3.05, 3.63) is 16.8 Å². The topological polar surface area (TPSA) is 63.8 Å². The Labute approximate surface area is 113 Å². The highest BCUT2D eigenvalue weighted by Crippen LogP contribution is 2.24. The van der Waals surface area contributed by atoms with Gasteiger partial charge in [0, 0.05) is 6.04 Å². The highest BCUT2D eigenvalue weighted by atomic mass is 32.1. The summed E-state index contributed by atoms with van der Waals surface area (Å²) in [6.07, 6.45) is 6.26. The van der Waals surface area contributed by atoms with Crippen LogP contribution >= 0.6 is 12.2 Å². The quantitative estimate of drug-likeness (QED) is 0.821. The summed E-state index contributed by atoms with van der Waals surface area (Å²) in [6, 6.07) is 0.475. The van der Waals surface area contributed by atoms with Crippen molar-refractivity contribution in [2.45, 2.75) is 52.0 Å². The van der Waals surface area contributed by atoms with Gasteiger partial charge in [-0.2, -0.15) is 5.10 Å². The fraction of sp³-hybridized carbons (Fsp3) is 0.615. The Morgan fingerprint density at radius 3 is 2.50 bits per heavy atom. The van der Waals surface area contributed by atoms with E-state index in [-0.39, 0.29) is 0 Å². The Morgan fingerprint density at radius 1 is 1.22 bits per heavy atom. The van der Waals surface area contributed by atoms with Gasteiger partial charge in [0.05, 0.1) is 11.3 Å². The second kappa shape index (κ2) is 5.61. The minimum absolute atomic E-state index is 0.392. The lowest BCUT2D eigenvalue weighted by Crippen LogP contribution is -2.26. The zero-order chi connectivity index (χ0) is 13.1. The molecule has 2 rings (SSSR count). The maximum absolute atomic E-state index is 5.81. The van der Waals surface area contributed by atoms with Gasteiger partial charge in [-0.15, -0.1) is 5.10 Å². The highest BCUT2D eigenvalue weighted by molar-refractivity contribution is 7.80. The fourth-order valence-corrected chi connectivity index (χ4v) is 2.70. The molecular formula is C13H20N4S. The minimum Gasteiger partial charge on any atom is -0.389 e. The summed E-state index contributed by atoms with van der Waals surface area (Å²) >= 11 is 5.13. The predicted molar refractivity (Wildman–Crippen MR) is 77.9 cm³/mol. The normalized spacial score (nSPS) is 16.6. The Bertz CT molecular complexity index is 453. The van der Waals surface area contributed by atoms with Crippen LogP contribution in [0.2, 0.25) is 0 Å². The Kier molecular flexibility index (Phi) is 4.11. The first-order valence-electron chi connectivity index (χ1n) is 6.50. The molecule has 1 aliphatic carbocycles. The first-order chi connectivity index (χ1) is 8.59. The molecule has 0 aromatic carbocycles. The van der Waals surface area contributed by atoms with E-state index in [9.17, 15) is 0 Å². The highest BCUT2D eigenvalue weighted by Gasteiger charge is 2.18. The van der Waals surface area contributed by atoms with Gasteiger partial charge >= 0.3 is 0 Å². The van der Waals surface area contributed by atoms with Crippen molar-refractivity contribution in [2.24, 2.45) is 5.73 Å². The van der Waals surface area contributed by atoms with Gasteiger partial charge < -0.3 is 11.1 Å². The fourth-order valence-electron chi connectivity index (χ4n) is 2.45. The van der Waals surface area contributed by atoms with E-state index in [1.807, 2.05) is 13.8 Å². The summed E-state index contributed by atoms with van der Waals surface area (Å²) in [4.78, 5) is 0.392. The molecule has 18 heavy (non-hydrogen) atoms. The van der Waals surface area contributed by atoms with Crippen LogP contribution in [0, 0.1) is 13.8 Å². The lowest BCUT2D eigenvalue weighted by atomic mass is 9.95. The molecule has 1 fully saturated rings. The number of nitrogens with zero attached hydrogens (tertiary/aromatic N) is 2. The number of nitrogens with two attached hydrogens (primary N) is 1. The maximum atomic E-state index is 5.81. The van der Waals surface area contributed by atoms with E-state index < -0.39 is 0 Å². The molecule has 0 aliphatic heterocycles. The summed E-state index contributed by atoms with van der Waals surface area (Å²) in [5.74, 6) is 0.748. The summed E-state index contributed by atoms with van der Waals surface area (Å²) in [5, 5.41) is 11.8. The predicted octanol–water partition coefficient (Wildman–Crippen LogP) is 2.47. The van der Waals surface area contributed by atoms with Gasteiger partial charge in [-0.1, -0.05) is 31.5 Å². The number of hydrogen-bond acceptors (Lipinski definition) is 4. The van der Waals surface area contributed by atoms with Crippen molar-refractivity contribution in [1.82, 2.24) is 10.2 Å². The molecule has 0 spiro atoms. The largest absolute Gasteiger partial charge is 0.389 e. The van der Waals surface area contributed by atoms with Crippen LogP contribution in [0.3, 0.4) is 0 Å². The SMILES string of the molecule is Cc1nnc(NC2CCCCC2)c(C(N)=S)c1C. The summed E-state index contributed by atoms with van der Waals surface area (Å²) in [7, 11) is 0. The van der Waals surface area contributed by atoms with Crippen LogP contribution in [0.4, 0.5) is 5.82 Å². The van der Waals surface area contributed by atoms with Crippen LogP contribution in [0.5, 0.6) is 0 Å². The van der Waals surface area contributed by atoms with Gasteiger partial charge in [-0.3, -0.25) is 0 Å². The van der Waals surface area contributed by atoms with Crippen molar-refractivity contribution >= 4 is 23.0 Å². The van der Waals surface area contributed by atoms with Gasteiger partial charge in [0.2, 0.25) is 0 Å². The standard InChI is InChI=1S/C13H20N4S/c1-8-9(2)16-17-13(11(8)12(14)18)15-10-6-4-3-5-7-10/h10H,3-7H2,1-2H3,(H2,14,18)(H,15,17).